The van der Waals surface area contributed by atoms with Crippen molar-refractivity contribution < 1.29 is 4.42 Å². The summed E-state index contributed by atoms with van der Waals surface area (Å²) in [6.45, 7) is 4.21. The number of hydrogen-bond acceptors (Lipinski definition) is 2. The lowest BCUT2D eigenvalue weighted by Gasteiger charge is -2.06. The molecule has 0 saturated heterocycles. The van der Waals surface area contributed by atoms with E-state index in [2.05, 4.69) is 60.8 Å². The van der Waals surface area contributed by atoms with E-state index in [-0.39, 0.29) is 0 Å². The minimum absolute atomic E-state index is 0.813. The minimum atomic E-state index is 0.813. The Hall–Kier alpha value is -2.81. The van der Waals surface area contributed by atoms with E-state index < -0.39 is 0 Å². The third kappa shape index (κ3) is 2.55. The second kappa shape index (κ2) is 5.43. The molecule has 3 heteroatoms. The van der Waals surface area contributed by atoms with Crippen LogP contribution >= 0.6 is 0 Å². The summed E-state index contributed by atoms with van der Waals surface area (Å²) in [5, 5.41) is 0. The second-order valence-corrected chi connectivity index (χ2v) is 5.98. The maximum atomic E-state index is 5.60. The molecule has 0 atom stereocenters. The summed E-state index contributed by atoms with van der Waals surface area (Å²) in [6, 6.07) is 16.7. The van der Waals surface area contributed by atoms with E-state index in [1.807, 2.05) is 12.1 Å². The highest BCUT2D eigenvalue weighted by Crippen LogP contribution is 2.27. The fourth-order valence-corrected chi connectivity index (χ4v) is 2.88. The first-order valence-electron chi connectivity index (χ1n) is 7.78. The van der Waals surface area contributed by atoms with E-state index in [9.17, 15) is 0 Å². The number of fused-ring (bicyclic) bond motifs is 1. The van der Waals surface area contributed by atoms with Crippen molar-refractivity contribution in [3.05, 3.63) is 83.4 Å². The first-order chi connectivity index (χ1) is 11.2. The number of nitrogens with zero attached hydrogens (tertiary/aromatic N) is 2. The number of pyridine rings is 1. The molecular weight excluding hydrogens is 284 g/mol. The Kier molecular flexibility index (Phi) is 3.27. The van der Waals surface area contributed by atoms with Gasteiger partial charge in [-0.1, -0.05) is 35.9 Å². The summed E-state index contributed by atoms with van der Waals surface area (Å²) in [5.41, 5.74) is 6.78. The van der Waals surface area contributed by atoms with Crippen molar-refractivity contribution >= 4 is 5.65 Å². The van der Waals surface area contributed by atoms with E-state index in [4.69, 9.17) is 9.40 Å². The zero-order valence-corrected chi connectivity index (χ0v) is 13.3. The predicted octanol–water partition coefficient (Wildman–Crippen LogP) is 4.80. The van der Waals surface area contributed by atoms with Crippen LogP contribution in [0.5, 0.6) is 0 Å². The van der Waals surface area contributed by atoms with Crippen molar-refractivity contribution in [1.82, 2.24) is 9.38 Å². The average Bonchev–Trinajstić information content (AvgIpc) is 3.18. The number of imidazole rings is 1. The summed E-state index contributed by atoms with van der Waals surface area (Å²) in [4.78, 5) is 4.78. The van der Waals surface area contributed by atoms with Gasteiger partial charge in [-0.2, -0.15) is 0 Å². The van der Waals surface area contributed by atoms with Crippen LogP contribution in [0, 0.1) is 13.8 Å². The molecule has 3 heterocycles. The first-order valence-corrected chi connectivity index (χ1v) is 7.78. The van der Waals surface area contributed by atoms with Crippen molar-refractivity contribution in [3.8, 4) is 11.5 Å². The van der Waals surface area contributed by atoms with E-state index in [1.165, 1.54) is 16.7 Å². The van der Waals surface area contributed by atoms with Gasteiger partial charge < -0.3 is 8.82 Å². The molecule has 0 amide bonds. The molecule has 3 aromatic heterocycles. The van der Waals surface area contributed by atoms with Crippen LogP contribution in [0.2, 0.25) is 0 Å². The Labute approximate surface area is 135 Å². The summed E-state index contributed by atoms with van der Waals surface area (Å²) >= 11 is 0. The minimum Gasteiger partial charge on any atom is -0.463 e. The lowest BCUT2D eigenvalue weighted by Crippen LogP contribution is -1.97. The number of furan rings is 1. The topological polar surface area (TPSA) is 30.4 Å². The summed E-state index contributed by atoms with van der Waals surface area (Å²) in [6.07, 6.45) is 4.65. The van der Waals surface area contributed by atoms with Crippen LogP contribution in [-0.4, -0.2) is 9.38 Å². The Bertz CT molecular complexity index is 947. The molecule has 0 N–H and O–H groups in total. The van der Waals surface area contributed by atoms with Crippen molar-refractivity contribution in [2.45, 2.75) is 20.3 Å². The number of aromatic nitrogens is 2. The smallest absolute Gasteiger partial charge is 0.154 e. The molecule has 0 fully saturated rings. The van der Waals surface area contributed by atoms with Crippen molar-refractivity contribution in [2.75, 3.05) is 0 Å². The Morgan fingerprint density at radius 1 is 0.957 bits per heavy atom. The highest BCUT2D eigenvalue weighted by Gasteiger charge is 2.16. The SMILES string of the molecule is Cc1ccc(Cc2c(-c3ccco3)nc3ccc(C)cn23)cc1. The number of rotatable bonds is 3. The van der Waals surface area contributed by atoms with Crippen molar-refractivity contribution in [1.29, 1.82) is 0 Å². The molecule has 114 valence electrons. The van der Waals surface area contributed by atoms with Gasteiger partial charge in [0.15, 0.2) is 5.76 Å². The highest BCUT2D eigenvalue weighted by molar-refractivity contribution is 5.63. The van der Waals surface area contributed by atoms with Gasteiger partial charge in [0.05, 0.1) is 12.0 Å². The van der Waals surface area contributed by atoms with Gasteiger partial charge in [-0.05, 0) is 43.2 Å². The fourth-order valence-electron chi connectivity index (χ4n) is 2.88. The fraction of sp³-hybridized carbons (Fsp3) is 0.150. The van der Waals surface area contributed by atoms with Crippen LogP contribution in [0.4, 0.5) is 0 Å². The molecule has 0 unspecified atom stereocenters. The van der Waals surface area contributed by atoms with Crippen LogP contribution in [0.15, 0.2) is 65.4 Å². The van der Waals surface area contributed by atoms with Crippen molar-refractivity contribution in [2.24, 2.45) is 0 Å². The van der Waals surface area contributed by atoms with E-state index in [1.54, 1.807) is 6.26 Å². The van der Waals surface area contributed by atoms with E-state index in [0.29, 0.717) is 0 Å². The molecule has 23 heavy (non-hydrogen) atoms. The predicted molar refractivity (Wildman–Crippen MR) is 91.6 cm³/mol. The summed E-state index contributed by atoms with van der Waals surface area (Å²) in [5.74, 6) is 0.813. The van der Waals surface area contributed by atoms with Gasteiger partial charge in [-0.15, -0.1) is 0 Å². The molecule has 4 rings (SSSR count). The molecule has 1 aromatic carbocycles. The summed E-state index contributed by atoms with van der Waals surface area (Å²) in [7, 11) is 0. The van der Waals surface area contributed by atoms with Gasteiger partial charge in [0.1, 0.15) is 11.3 Å². The Balaban J connectivity index is 1.89. The second-order valence-electron chi connectivity index (χ2n) is 5.98. The van der Waals surface area contributed by atoms with Crippen LogP contribution < -0.4 is 0 Å². The zero-order valence-electron chi connectivity index (χ0n) is 13.3. The third-order valence-corrected chi connectivity index (χ3v) is 4.11. The van der Waals surface area contributed by atoms with Crippen LogP contribution in [0.3, 0.4) is 0 Å². The number of aryl methyl sites for hydroxylation is 2. The normalized spacial score (nSPS) is 11.2. The van der Waals surface area contributed by atoms with Gasteiger partial charge >= 0.3 is 0 Å². The third-order valence-electron chi connectivity index (χ3n) is 4.11. The monoisotopic (exact) mass is 302 g/mol. The lowest BCUT2D eigenvalue weighted by atomic mass is 10.1. The highest BCUT2D eigenvalue weighted by atomic mass is 16.3. The lowest BCUT2D eigenvalue weighted by molar-refractivity contribution is 0.579. The maximum Gasteiger partial charge on any atom is 0.154 e. The average molecular weight is 302 g/mol. The van der Waals surface area contributed by atoms with Gasteiger partial charge in [0.25, 0.3) is 0 Å². The van der Waals surface area contributed by atoms with Gasteiger partial charge in [0.2, 0.25) is 0 Å². The Morgan fingerprint density at radius 2 is 1.74 bits per heavy atom. The molecule has 0 saturated carbocycles. The Morgan fingerprint density at radius 3 is 2.48 bits per heavy atom. The largest absolute Gasteiger partial charge is 0.463 e. The molecule has 0 radical (unpaired) electrons. The first kappa shape index (κ1) is 13.8. The zero-order chi connectivity index (χ0) is 15.8. The van der Waals surface area contributed by atoms with Crippen molar-refractivity contribution in [3.63, 3.8) is 0 Å². The van der Waals surface area contributed by atoms with Gasteiger partial charge in [-0.25, -0.2) is 4.98 Å². The van der Waals surface area contributed by atoms with E-state index in [0.717, 1.165) is 29.2 Å². The van der Waals surface area contributed by atoms with E-state index >= 15 is 0 Å². The standard InChI is InChI=1S/C20H18N2O/c1-14-5-8-16(9-6-14)12-17-20(18-4-3-11-23-18)21-19-10-7-15(2)13-22(17)19/h3-11,13H,12H2,1-2H3. The number of benzene rings is 1. The molecule has 0 aliphatic rings. The molecule has 0 aliphatic carbocycles. The quantitative estimate of drug-likeness (QED) is 0.544. The molecule has 3 nitrogen and oxygen atoms in total. The molecule has 0 aliphatic heterocycles. The maximum absolute atomic E-state index is 5.60. The molecule has 0 bridgehead atoms. The van der Waals surface area contributed by atoms with Crippen LogP contribution in [0.25, 0.3) is 17.1 Å². The molecule has 4 aromatic rings. The number of hydrogen-bond donors (Lipinski definition) is 0. The molecule has 0 spiro atoms. The summed E-state index contributed by atoms with van der Waals surface area (Å²) < 4.78 is 7.77. The molecular formula is C20H18N2O. The van der Waals surface area contributed by atoms with Crippen LogP contribution in [0.1, 0.15) is 22.4 Å². The van der Waals surface area contributed by atoms with Gasteiger partial charge in [0, 0.05) is 12.6 Å². The van der Waals surface area contributed by atoms with Crippen LogP contribution in [-0.2, 0) is 6.42 Å². The van der Waals surface area contributed by atoms with Gasteiger partial charge in [-0.3, -0.25) is 0 Å².